The van der Waals surface area contributed by atoms with Gasteiger partial charge in [0.25, 0.3) is 0 Å². The number of aliphatic carboxylic acids is 4. The van der Waals surface area contributed by atoms with Crippen LogP contribution < -0.4 is 0 Å². The van der Waals surface area contributed by atoms with Gasteiger partial charge in [0.05, 0.1) is 23.7 Å². The van der Waals surface area contributed by atoms with Gasteiger partial charge in [-0.3, -0.25) is 19.2 Å². The molecule has 38 heavy (non-hydrogen) atoms. The summed E-state index contributed by atoms with van der Waals surface area (Å²) in [5.74, 6) is -4.64. The molecule has 2 unspecified atom stereocenters. The zero-order valence-electron chi connectivity index (χ0n) is 24.3. The molecule has 0 saturated heterocycles. The Hall–Kier alpha value is -2.12. The van der Waals surface area contributed by atoms with E-state index in [-0.39, 0.29) is 12.8 Å². The first-order valence-electron chi connectivity index (χ1n) is 14.7. The van der Waals surface area contributed by atoms with Gasteiger partial charge in [-0.1, -0.05) is 118 Å². The average Bonchev–Trinajstić information content (AvgIpc) is 2.79. The van der Waals surface area contributed by atoms with Crippen LogP contribution in [0.3, 0.4) is 0 Å². The largest absolute Gasteiger partial charge is 0.481 e. The molecule has 0 aliphatic carbocycles. The highest BCUT2D eigenvalue weighted by Gasteiger charge is 2.62. The molecular weight excluding hydrogens is 488 g/mol. The minimum Gasteiger partial charge on any atom is -0.481 e. The number of unbranched alkanes of at least 4 members (excludes halogenated alkanes) is 10. The van der Waals surface area contributed by atoms with Crippen molar-refractivity contribution in [1.29, 1.82) is 0 Å². The third-order valence-electron chi connectivity index (χ3n) is 7.91. The molecule has 0 spiro atoms. The van der Waals surface area contributed by atoms with Crippen molar-refractivity contribution in [2.75, 3.05) is 0 Å². The first kappa shape index (κ1) is 35.9. The van der Waals surface area contributed by atoms with Gasteiger partial charge < -0.3 is 20.4 Å². The molecule has 8 heteroatoms. The summed E-state index contributed by atoms with van der Waals surface area (Å²) in [4.78, 5) is 49.1. The molecule has 0 aliphatic heterocycles. The fraction of sp³-hybridized carbons (Fsp3) is 0.867. The van der Waals surface area contributed by atoms with E-state index in [1.807, 2.05) is 0 Å². The van der Waals surface area contributed by atoms with Crippen molar-refractivity contribution < 1.29 is 39.6 Å². The summed E-state index contributed by atoms with van der Waals surface area (Å²) in [6.45, 7) is 8.70. The van der Waals surface area contributed by atoms with Crippen molar-refractivity contribution >= 4 is 23.9 Å². The third-order valence-corrected chi connectivity index (χ3v) is 7.91. The van der Waals surface area contributed by atoms with E-state index in [0.29, 0.717) is 37.5 Å². The number of carboxylic acid groups (broad SMARTS) is 4. The molecule has 0 heterocycles. The fourth-order valence-electron chi connectivity index (χ4n) is 5.66. The van der Waals surface area contributed by atoms with E-state index in [4.69, 9.17) is 0 Å². The summed E-state index contributed by atoms with van der Waals surface area (Å²) < 4.78 is 0. The van der Waals surface area contributed by atoms with Crippen molar-refractivity contribution in [3.05, 3.63) is 0 Å². The Kier molecular flexibility index (Phi) is 18.0. The fourth-order valence-corrected chi connectivity index (χ4v) is 5.66. The van der Waals surface area contributed by atoms with E-state index in [0.717, 1.165) is 64.2 Å². The number of rotatable bonds is 25. The number of carboxylic acids is 4. The first-order chi connectivity index (χ1) is 17.8. The summed E-state index contributed by atoms with van der Waals surface area (Å²) in [5, 5.41) is 39.9. The minimum atomic E-state index is -2.20. The number of hydrogen-bond donors (Lipinski definition) is 4. The molecule has 4 N–H and O–H groups in total. The lowest BCUT2D eigenvalue weighted by Crippen LogP contribution is -2.55. The lowest BCUT2D eigenvalue weighted by atomic mass is 9.55. The molecule has 0 amide bonds. The van der Waals surface area contributed by atoms with E-state index in [1.54, 1.807) is 0 Å². The van der Waals surface area contributed by atoms with E-state index in [9.17, 15) is 39.6 Å². The zero-order valence-corrected chi connectivity index (χ0v) is 24.3. The molecule has 0 saturated carbocycles. The predicted octanol–water partition coefficient (Wildman–Crippen LogP) is 7.63. The van der Waals surface area contributed by atoms with Gasteiger partial charge in [-0.05, 0) is 24.7 Å². The lowest BCUT2D eigenvalue weighted by Gasteiger charge is -2.44. The van der Waals surface area contributed by atoms with Gasteiger partial charge in [-0.15, -0.1) is 0 Å². The average molecular weight is 543 g/mol. The van der Waals surface area contributed by atoms with Crippen molar-refractivity contribution in [1.82, 2.24) is 0 Å². The summed E-state index contributed by atoms with van der Waals surface area (Å²) in [6, 6.07) is 0. The van der Waals surface area contributed by atoms with Crippen LogP contribution in [0.2, 0.25) is 0 Å². The van der Waals surface area contributed by atoms with Gasteiger partial charge in [0, 0.05) is 0 Å². The van der Waals surface area contributed by atoms with Crippen molar-refractivity contribution in [2.45, 2.75) is 143 Å². The Bertz CT molecular complexity index is 657. The monoisotopic (exact) mass is 542 g/mol. The summed E-state index contributed by atoms with van der Waals surface area (Å²) in [7, 11) is 0. The highest BCUT2D eigenvalue weighted by Crippen LogP contribution is 2.53. The van der Waals surface area contributed by atoms with Crippen LogP contribution in [0.1, 0.15) is 143 Å². The molecule has 0 aromatic heterocycles. The standard InChI is InChI=1S/C30H54O8/c1-23(2)17-13-9-5-7-11-15-19-29(27(35)36,21-25(31)32)30(28(37)38,22-26(33)34)20-16-12-8-6-10-14-18-24(3)4/h23-24H,5-22H2,1-4H3,(H,31,32)(H,33,34)(H,35,36)(H,37,38). The highest BCUT2D eigenvalue weighted by atomic mass is 16.4. The molecule has 222 valence electrons. The van der Waals surface area contributed by atoms with Gasteiger partial charge >= 0.3 is 23.9 Å². The quantitative estimate of drug-likeness (QED) is 0.0860. The van der Waals surface area contributed by atoms with Crippen LogP contribution in [0.5, 0.6) is 0 Å². The Morgan fingerprint density at radius 2 is 0.737 bits per heavy atom. The summed E-state index contributed by atoms with van der Waals surface area (Å²) >= 11 is 0. The van der Waals surface area contributed by atoms with Crippen LogP contribution in [0.15, 0.2) is 0 Å². The molecule has 0 fully saturated rings. The Morgan fingerprint density at radius 3 is 0.974 bits per heavy atom. The highest BCUT2D eigenvalue weighted by molar-refractivity contribution is 5.92. The molecule has 2 atom stereocenters. The SMILES string of the molecule is CC(C)CCCCCCCCC(CC(=O)O)(C(=O)O)C(CCCCCCCCC(C)C)(CC(=O)O)C(=O)O. The third kappa shape index (κ3) is 13.1. The molecule has 0 bridgehead atoms. The lowest BCUT2D eigenvalue weighted by molar-refractivity contribution is -0.184. The maximum absolute atomic E-state index is 12.7. The van der Waals surface area contributed by atoms with Crippen LogP contribution >= 0.6 is 0 Å². The minimum absolute atomic E-state index is 0.171. The molecule has 0 aromatic rings. The topological polar surface area (TPSA) is 149 Å². The van der Waals surface area contributed by atoms with Gasteiger partial charge in [-0.25, -0.2) is 0 Å². The van der Waals surface area contributed by atoms with Crippen LogP contribution in [-0.2, 0) is 19.2 Å². The maximum Gasteiger partial charge on any atom is 0.311 e. The van der Waals surface area contributed by atoms with Crippen LogP contribution in [0.4, 0.5) is 0 Å². The molecule has 0 aromatic carbocycles. The molecular formula is C30H54O8. The second kappa shape index (κ2) is 19.0. The van der Waals surface area contributed by atoms with Crippen LogP contribution in [-0.4, -0.2) is 44.3 Å². The summed E-state index contributed by atoms with van der Waals surface area (Å²) in [6.07, 6.45) is 10.1. The van der Waals surface area contributed by atoms with E-state index in [2.05, 4.69) is 27.7 Å². The Labute approximate surface area is 229 Å². The van der Waals surface area contributed by atoms with E-state index in [1.165, 1.54) is 0 Å². The van der Waals surface area contributed by atoms with Gasteiger partial charge in [0.1, 0.15) is 0 Å². The maximum atomic E-state index is 12.7. The second-order valence-electron chi connectivity index (χ2n) is 12.0. The smallest absolute Gasteiger partial charge is 0.311 e. The predicted molar refractivity (Wildman–Crippen MR) is 148 cm³/mol. The summed E-state index contributed by atoms with van der Waals surface area (Å²) in [5.41, 5.74) is -4.39. The molecule has 0 radical (unpaired) electrons. The van der Waals surface area contributed by atoms with E-state index < -0.39 is 47.5 Å². The number of hydrogen-bond acceptors (Lipinski definition) is 4. The molecule has 8 nitrogen and oxygen atoms in total. The van der Waals surface area contributed by atoms with Gasteiger partial charge in [-0.2, -0.15) is 0 Å². The normalized spacial score (nSPS) is 14.8. The van der Waals surface area contributed by atoms with Gasteiger partial charge in [0.2, 0.25) is 0 Å². The Morgan fingerprint density at radius 1 is 0.474 bits per heavy atom. The van der Waals surface area contributed by atoms with Crippen LogP contribution in [0.25, 0.3) is 0 Å². The molecule has 0 rings (SSSR count). The Balaban J connectivity index is 5.56. The second-order valence-corrected chi connectivity index (χ2v) is 12.0. The van der Waals surface area contributed by atoms with Crippen LogP contribution in [0, 0.1) is 22.7 Å². The van der Waals surface area contributed by atoms with Crippen molar-refractivity contribution in [3.8, 4) is 0 Å². The van der Waals surface area contributed by atoms with Crippen molar-refractivity contribution in [2.24, 2.45) is 22.7 Å². The van der Waals surface area contributed by atoms with Crippen molar-refractivity contribution in [3.63, 3.8) is 0 Å². The number of carbonyl (C=O) groups is 4. The zero-order chi connectivity index (χ0) is 29.2. The van der Waals surface area contributed by atoms with Gasteiger partial charge in [0.15, 0.2) is 0 Å². The molecule has 0 aliphatic rings. The van der Waals surface area contributed by atoms with E-state index >= 15 is 0 Å². The first-order valence-corrected chi connectivity index (χ1v) is 14.7.